The monoisotopic (exact) mass is 338 g/mol. The number of fused-ring (bicyclic) bond motifs is 1. The largest absolute Gasteiger partial charge is 0.383 e. The van der Waals surface area contributed by atoms with E-state index in [0.29, 0.717) is 11.9 Å². The van der Waals surface area contributed by atoms with Gasteiger partial charge in [-0.25, -0.2) is 4.99 Å². The molecule has 0 radical (unpaired) electrons. The van der Waals surface area contributed by atoms with E-state index in [9.17, 15) is 0 Å². The molecule has 124 valence electrons. The Hall–Kier alpha value is -2.11. The minimum atomic E-state index is 0.581. The third kappa shape index (κ3) is 2.97. The highest BCUT2D eigenvalue weighted by Gasteiger charge is 2.22. The number of nitrogens with one attached hydrogen (secondary N) is 1. The van der Waals surface area contributed by atoms with Crippen molar-refractivity contribution in [2.24, 2.45) is 10.7 Å². The lowest BCUT2D eigenvalue weighted by Crippen LogP contribution is -2.26. The molecule has 24 heavy (non-hydrogen) atoms. The van der Waals surface area contributed by atoms with Gasteiger partial charge < -0.3 is 15.6 Å². The molecule has 1 atom stereocenters. The van der Waals surface area contributed by atoms with Crippen LogP contribution in [0.3, 0.4) is 0 Å². The van der Waals surface area contributed by atoms with E-state index >= 15 is 0 Å². The number of thiophene rings is 1. The lowest BCUT2D eigenvalue weighted by atomic mass is 10.0. The number of aromatic amines is 1. The van der Waals surface area contributed by atoms with Gasteiger partial charge in [-0.3, -0.25) is 0 Å². The fraction of sp³-hybridized carbons (Fsp3) is 0.316. The standard InChI is InChI=1S/C19H22N4S/c1-23-8-2-4-15(23)10-13-12-21-17-7-6-14(11-16(13)17)22-19(20)18-5-3-9-24-18/h3,5-7,9,11-12,15,21H,2,4,8,10H2,1H3,(H2,20,22). The SMILES string of the molecule is CN1CCCC1Cc1c[nH]c2ccc(N=C(N)c3cccs3)cc12. The molecule has 0 spiro atoms. The molecule has 3 N–H and O–H groups in total. The number of H-pyrrole nitrogens is 1. The lowest BCUT2D eigenvalue weighted by molar-refractivity contribution is 0.310. The van der Waals surface area contributed by atoms with Gasteiger partial charge in [0.05, 0.1) is 10.6 Å². The van der Waals surface area contributed by atoms with Gasteiger partial charge in [0.15, 0.2) is 0 Å². The zero-order valence-electron chi connectivity index (χ0n) is 13.8. The summed E-state index contributed by atoms with van der Waals surface area (Å²) in [6, 6.07) is 10.9. The molecule has 1 saturated heterocycles. The molecule has 0 bridgehead atoms. The van der Waals surface area contributed by atoms with Crippen LogP contribution in [0.1, 0.15) is 23.3 Å². The first-order chi connectivity index (χ1) is 11.7. The predicted molar refractivity (Wildman–Crippen MR) is 102 cm³/mol. The Bertz CT molecular complexity index is 863. The Labute approximate surface area is 146 Å². The van der Waals surface area contributed by atoms with Crippen molar-refractivity contribution in [3.8, 4) is 0 Å². The number of rotatable bonds is 4. The molecular weight excluding hydrogens is 316 g/mol. The number of aliphatic imine (C=N–C) groups is 1. The van der Waals surface area contributed by atoms with Gasteiger partial charge in [0, 0.05) is 23.1 Å². The zero-order chi connectivity index (χ0) is 16.5. The number of aromatic nitrogens is 1. The quantitative estimate of drug-likeness (QED) is 0.560. The number of likely N-dealkylation sites (tertiary alicyclic amines) is 1. The van der Waals surface area contributed by atoms with Gasteiger partial charge in [0.1, 0.15) is 5.84 Å². The molecule has 0 amide bonds. The van der Waals surface area contributed by atoms with Gasteiger partial charge >= 0.3 is 0 Å². The van der Waals surface area contributed by atoms with Gasteiger partial charge in [0.25, 0.3) is 0 Å². The molecule has 5 heteroatoms. The van der Waals surface area contributed by atoms with Crippen LogP contribution in [0, 0.1) is 0 Å². The first-order valence-corrected chi connectivity index (χ1v) is 9.27. The number of amidine groups is 1. The first-order valence-electron chi connectivity index (χ1n) is 8.39. The van der Waals surface area contributed by atoms with Crippen LogP contribution in [0.15, 0.2) is 46.9 Å². The van der Waals surface area contributed by atoms with E-state index in [-0.39, 0.29) is 0 Å². The smallest absolute Gasteiger partial charge is 0.141 e. The average molecular weight is 338 g/mol. The molecule has 1 aliphatic heterocycles. The van der Waals surface area contributed by atoms with Crippen LogP contribution in [-0.2, 0) is 6.42 Å². The van der Waals surface area contributed by atoms with Crippen molar-refractivity contribution in [3.63, 3.8) is 0 Å². The van der Waals surface area contributed by atoms with E-state index in [2.05, 4.69) is 40.3 Å². The van der Waals surface area contributed by atoms with Crippen LogP contribution in [0.25, 0.3) is 10.9 Å². The van der Waals surface area contributed by atoms with E-state index in [1.54, 1.807) is 11.3 Å². The van der Waals surface area contributed by atoms with Crippen LogP contribution in [-0.4, -0.2) is 35.4 Å². The average Bonchev–Trinajstić information content (AvgIpc) is 3.31. The Balaban J connectivity index is 1.64. The number of likely N-dealkylation sites (N-methyl/N-ethyl adjacent to an activating group) is 1. The summed E-state index contributed by atoms with van der Waals surface area (Å²) < 4.78 is 0. The number of benzene rings is 1. The topological polar surface area (TPSA) is 57.4 Å². The molecule has 4 nitrogen and oxygen atoms in total. The number of hydrogen-bond donors (Lipinski definition) is 2. The normalized spacial score (nSPS) is 19.4. The second kappa shape index (κ2) is 6.42. The predicted octanol–water partition coefficient (Wildman–Crippen LogP) is 3.90. The lowest BCUT2D eigenvalue weighted by Gasteiger charge is -2.18. The molecule has 4 rings (SSSR count). The fourth-order valence-corrected chi connectivity index (χ4v) is 4.14. The molecule has 1 unspecified atom stereocenters. The highest BCUT2D eigenvalue weighted by atomic mass is 32.1. The van der Waals surface area contributed by atoms with Crippen LogP contribution in [0.5, 0.6) is 0 Å². The molecule has 0 saturated carbocycles. The van der Waals surface area contributed by atoms with Gasteiger partial charge in [-0.15, -0.1) is 11.3 Å². The molecule has 2 aromatic heterocycles. The minimum Gasteiger partial charge on any atom is -0.383 e. The number of nitrogens with zero attached hydrogens (tertiary/aromatic N) is 2. The molecule has 1 aromatic carbocycles. The summed E-state index contributed by atoms with van der Waals surface area (Å²) in [4.78, 5) is 11.5. The van der Waals surface area contributed by atoms with Crippen LogP contribution < -0.4 is 5.73 Å². The maximum Gasteiger partial charge on any atom is 0.141 e. The Morgan fingerprint density at radius 2 is 2.33 bits per heavy atom. The highest BCUT2D eigenvalue weighted by molar-refractivity contribution is 7.12. The molecule has 3 heterocycles. The number of hydrogen-bond acceptors (Lipinski definition) is 3. The van der Waals surface area contributed by atoms with Crippen molar-refractivity contribution < 1.29 is 0 Å². The van der Waals surface area contributed by atoms with Gasteiger partial charge in [-0.1, -0.05) is 6.07 Å². The van der Waals surface area contributed by atoms with Crippen molar-refractivity contribution in [3.05, 3.63) is 52.3 Å². The van der Waals surface area contributed by atoms with Gasteiger partial charge in [-0.05, 0) is 68.1 Å². The van der Waals surface area contributed by atoms with E-state index in [0.717, 1.165) is 17.0 Å². The van der Waals surface area contributed by atoms with Crippen LogP contribution in [0.4, 0.5) is 5.69 Å². The summed E-state index contributed by atoms with van der Waals surface area (Å²) in [5.74, 6) is 0.581. The molecule has 0 aliphatic carbocycles. The van der Waals surface area contributed by atoms with E-state index in [1.807, 2.05) is 23.6 Å². The summed E-state index contributed by atoms with van der Waals surface area (Å²) in [7, 11) is 2.23. The summed E-state index contributed by atoms with van der Waals surface area (Å²) in [5.41, 5.74) is 9.57. The van der Waals surface area contributed by atoms with Gasteiger partial charge in [-0.2, -0.15) is 0 Å². The Morgan fingerprint density at radius 1 is 1.42 bits per heavy atom. The number of nitrogens with two attached hydrogens (primary N) is 1. The summed E-state index contributed by atoms with van der Waals surface area (Å²) in [5, 5.41) is 3.28. The maximum atomic E-state index is 6.13. The van der Waals surface area contributed by atoms with E-state index < -0.39 is 0 Å². The van der Waals surface area contributed by atoms with Crippen molar-refractivity contribution in [1.82, 2.24) is 9.88 Å². The summed E-state index contributed by atoms with van der Waals surface area (Å²) in [6.45, 7) is 1.21. The van der Waals surface area contributed by atoms with Gasteiger partial charge in [0.2, 0.25) is 0 Å². The molecule has 3 aromatic rings. The highest BCUT2D eigenvalue weighted by Crippen LogP contribution is 2.28. The zero-order valence-corrected chi connectivity index (χ0v) is 14.6. The van der Waals surface area contributed by atoms with Crippen molar-refractivity contribution in [1.29, 1.82) is 0 Å². The molecular formula is C19H22N4S. The van der Waals surface area contributed by atoms with Crippen molar-refractivity contribution >= 4 is 33.8 Å². The second-order valence-electron chi connectivity index (χ2n) is 6.50. The van der Waals surface area contributed by atoms with Crippen LogP contribution in [0.2, 0.25) is 0 Å². The molecule has 1 fully saturated rings. The minimum absolute atomic E-state index is 0.581. The third-order valence-electron chi connectivity index (χ3n) is 4.90. The second-order valence-corrected chi connectivity index (χ2v) is 7.45. The van der Waals surface area contributed by atoms with E-state index in [1.165, 1.54) is 35.9 Å². The van der Waals surface area contributed by atoms with Crippen LogP contribution >= 0.6 is 11.3 Å². The third-order valence-corrected chi connectivity index (χ3v) is 5.79. The summed E-state index contributed by atoms with van der Waals surface area (Å²) in [6.07, 6.45) is 5.82. The Kier molecular flexibility index (Phi) is 4.12. The Morgan fingerprint density at radius 3 is 3.08 bits per heavy atom. The maximum absolute atomic E-state index is 6.13. The first kappa shape index (κ1) is 15.4. The van der Waals surface area contributed by atoms with Crippen molar-refractivity contribution in [2.45, 2.75) is 25.3 Å². The molecule has 1 aliphatic rings. The summed E-state index contributed by atoms with van der Waals surface area (Å²) >= 11 is 1.61. The fourth-order valence-electron chi connectivity index (χ4n) is 3.51. The van der Waals surface area contributed by atoms with Crippen molar-refractivity contribution in [2.75, 3.05) is 13.6 Å². The van der Waals surface area contributed by atoms with E-state index in [4.69, 9.17) is 5.73 Å².